The zero-order valence-electron chi connectivity index (χ0n) is 10.4. The van der Waals surface area contributed by atoms with Crippen LogP contribution in [0.25, 0.3) is 0 Å². The fourth-order valence-electron chi connectivity index (χ4n) is 1.44. The molecule has 0 radical (unpaired) electrons. The number of carbonyl (C=O) groups excluding carboxylic acids is 2. The van der Waals surface area contributed by atoms with Gasteiger partial charge in [-0.15, -0.1) is 0 Å². The van der Waals surface area contributed by atoms with Gasteiger partial charge in [0.15, 0.2) is 0 Å². The van der Waals surface area contributed by atoms with Crippen LogP contribution >= 0.6 is 0 Å². The van der Waals surface area contributed by atoms with Gasteiger partial charge in [-0.1, -0.05) is 30.3 Å². The number of esters is 1. The molecule has 1 rings (SSSR count). The minimum atomic E-state index is -1.33. The third-order valence-electron chi connectivity index (χ3n) is 2.47. The van der Waals surface area contributed by atoms with Gasteiger partial charge in [0.05, 0.1) is 6.54 Å². The van der Waals surface area contributed by atoms with Gasteiger partial charge in [0.2, 0.25) is 0 Å². The summed E-state index contributed by atoms with van der Waals surface area (Å²) in [6.07, 6.45) is -0.114. The molecule has 1 atom stereocenters. The van der Waals surface area contributed by atoms with E-state index in [0.717, 1.165) is 5.56 Å². The van der Waals surface area contributed by atoms with Crippen molar-refractivity contribution < 1.29 is 14.3 Å². The van der Waals surface area contributed by atoms with Crippen LogP contribution in [0.1, 0.15) is 18.9 Å². The summed E-state index contributed by atoms with van der Waals surface area (Å²) in [6, 6.07) is 9.25. The van der Waals surface area contributed by atoms with Gasteiger partial charge in [-0.05, 0) is 12.5 Å². The molecule has 0 aromatic heterocycles. The molecule has 0 aliphatic heterocycles. The topological polar surface area (TPSA) is 95.4 Å². The third kappa shape index (κ3) is 4.27. The molecule has 1 aromatic rings. The van der Waals surface area contributed by atoms with Crippen LogP contribution < -0.4 is 11.5 Å². The van der Waals surface area contributed by atoms with E-state index in [1.54, 1.807) is 0 Å². The fourth-order valence-corrected chi connectivity index (χ4v) is 1.44. The molecule has 0 amide bonds. The molecule has 0 fully saturated rings. The van der Waals surface area contributed by atoms with Crippen molar-refractivity contribution in [1.29, 1.82) is 0 Å². The van der Waals surface area contributed by atoms with Crippen LogP contribution in [0.15, 0.2) is 30.3 Å². The molecule has 1 unspecified atom stereocenters. The average Bonchev–Trinajstić information content (AvgIpc) is 2.36. The average molecular weight is 250 g/mol. The molecule has 18 heavy (non-hydrogen) atoms. The SMILES string of the molecule is CC(N)(CC(=O)CN)C(=O)OCc1ccccc1. The molecule has 98 valence electrons. The predicted molar refractivity (Wildman–Crippen MR) is 67.5 cm³/mol. The van der Waals surface area contributed by atoms with E-state index in [9.17, 15) is 9.59 Å². The highest BCUT2D eigenvalue weighted by atomic mass is 16.5. The first-order valence-electron chi connectivity index (χ1n) is 5.67. The maximum absolute atomic E-state index is 11.7. The molecular formula is C13H18N2O3. The second-order valence-electron chi connectivity index (χ2n) is 4.40. The van der Waals surface area contributed by atoms with E-state index < -0.39 is 11.5 Å². The number of Topliss-reactive ketones (excluding diaryl/α,β-unsaturated/α-hetero) is 1. The molecule has 1 aromatic carbocycles. The molecule has 0 saturated heterocycles. The van der Waals surface area contributed by atoms with E-state index in [1.807, 2.05) is 30.3 Å². The van der Waals surface area contributed by atoms with E-state index in [2.05, 4.69) is 0 Å². The van der Waals surface area contributed by atoms with Gasteiger partial charge in [-0.2, -0.15) is 0 Å². The Morgan fingerprint density at radius 3 is 2.44 bits per heavy atom. The van der Waals surface area contributed by atoms with Crippen LogP contribution in [0, 0.1) is 0 Å². The molecular weight excluding hydrogens is 232 g/mol. The van der Waals surface area contributed by atoms with Crippen LogP contribution in [0.5, 0.6) is 0 Å². The summed E-state index contributed by atoms with van der Waals surface area (Å²) in [5, 5.41) is 0. The standard InChI is InChI=1S/C13H18N2O3/c1-13(15,7-11(16)8-14)12(17)18-9-10-5-3-2-4-6-10/h2-6H,7-9,14-15H2,1H3. The van der Waals surface area contributed by atoms with Crippen molar-refractivity contribution in [2.24, 2.45) is 11.5 Å². The van der Waals surface area contributed by atoms with Crippen molar-refractivity contribution in [2.45, 2.75) is 25.5 Å². The lowest BCUT2D eigenvalue weighted by molar-refractivity contribution is -0.152. The van der Waals surface area contributed by atoms with E-state index in [4.69, 9.17) is 16.2 Å². The predicted octanol–water partition coefficient (Wildman–Crippen LogP) is 0.365. The number of rotatable bonds is 6. The van der Waals surface area contributed by atoms with Crippen molar-refractivity contribution >= 4 is 11.8 Å². The van der Waals surface area contributed by atoms with Gasteiger partial charge in [0.1, 0.15) is 17.9 Å². The number of nitrogens with two attached hydrogens (primary N) is 2. The second kappa shape index (κ2) is 6.28. The molecule has 5 heteroatoms. The Labute approximate surface area is 106 Å². The first-order chi connectivity index (χ1) is 8.45. The summed E-state index contributed by atoms with van der Waals surface area (Å²) in [5.41, 5.74) is 10.5. The summed E-state index contributed by atoms with van der Waals surface area (Å²) in [6.45, 7) is 1.48. The van der Waals surface area contributed by atoms with Crippen LogP contribution in [0.2, 0.25) is 0 Å². The monoisotopic (exact) mass is 250 g/mol. The molecule has 0 aliphatic carbocycles. The molecule has 0 heterocycles. The summed E-state index contributed by atoms with van der Waals surface area (Å²) in [7, 11) is 0. The molecule has 5 nitrogen and oxygen atoms in total. The number of hydrogen-bond acceptors (Lipinski definition) is 5. The second-order valence-corrected chi connectivity index (χ2v) is 4.40. The summed E-state index contributed by atoms with van der Waals surface area (Å²) in [4.78, 5) is 22.9. The molecule has 0 spiro atoms. The number of hydrogen-bond donors (Lipinski definition) is 2. The van der Waals surface area contributed by atoms with Crippen molar-refractivity contribution in [3.63, 3.8) is 0 Å². The van der Waals surface area contributed by atoms with Gasteiger partial charge < -0.3 is 16.2 Å². The van der Waals surface area contributed by atoms with E-state index in [1.165, 1.54) is 6.92 Å². The minimum absolute atomic E-state index is 0.114. The van der Waals surface area contributed by atoms with Gasteiger partial charge >= 0.3 is 5.97 Å². The third-order valence-corrected chi connectivity index (χ3v) is 2.47. The summed E-state index contributed by atoms with van der Waals surface area (Å²) in [5.74, 6) is -0.871. The van der Waals surface area contributed by atoms with Gasteiger partial charge in [0, 0.05) is 6.42 Å². The first-order valence-corrected chi connectivity index (χ1v) is 5.67. The number of benzene rings is 1. The zero-order chi connectivity index (χ0) is 13.6. The molecule has 0 aliphatic rings. The van der Waals surface area contributed by atoms with Crippen LogP contribution in [0.3, 0.4) is 0 Å². The van der Waals surface area contributed by atoms with Crippen molar-refractivity contribution in [1.82, 2.24) is 0 Å². The van der Waals surface area contributed by atoms with Crippen molar-refractivity contribution in [2.75, 3.05) is 6.54 Å². The molecule has 4 N–H and O–H groups in total. The minimum Gasteiger partial charge on any atom is -0.459 e. The zero-order valence-corrected chi connectivity index (χ0v) is 10.4. The maximum atomic E-state index is 11.7. The maximum Gasteiger partial charge on any atom is 0.326 e. The lowest BCUT2D eigenvalue weighted by Crippen LogP contribution is -2.48. The van der Waals surface area contributed by atoms with Gasteiger partial charge in [-0.25, -0.2) is 0 Å². The Kier molecular flexibility index (Phi) is 5.00. The number of ketones is 1. The van der Waals surface area contributed by atoms with Crippen LogP contribution in [-0.2, 0) is 20.9 Å². The highest BCUT2D eigenvalue weighted by Gasteiger charge is 2.32. The fraction of sp³-hybridized carbons (Fsp3) is 0.385. The quantitative estimate of drug-likeness (QED) is 0.711. The van der Waals surface area contributed by atoms with Crippen LogP contribution in [0.4, 0.5) is 0 Å². The largest absolute Gasteiger partial charge is 0.459 e. The molecule has 0 bridgehead atoms. The Balaban J connectivity index is 2.52. The Morgan fingerprint density at radius 2 is 1.89 bits per heavy atom. The van der Waals surface area contributed by atoms with E-state index >= 15 is 0 Å². The van der Waals surface area contributed by atoms with Gasteiger partial charge in [-0.3, -0.25) is 9.59 Å². The Morgan fingerprint density at radius 1 is 1.28 bits per heavy atom. The highest BCUT2D eigenvalue weighted by molar-refractivity contribution is 5.90. The Hall–Kier alpha value is -1.72. The highest BCUT2D eigenvalue weighted by Crippen LogP contribution is 2.11. The normalized spacial score (nSPS) is 13.7. The summed E-state index contributed by atoms with van der Waals surface area (Å²) >= 11 is 0. The first kappa shape index (κ1) is 14.3. The Bertz CT molecular complexity index is 416. The van der Waals surface area contributed by atoms with E-state index in [0.29, 0.717) is 0 Å². The number of ether oxygens (including phenoxy) is 1. The van der Waals surface area contributed by atoms with E-state index in [-0.39, 0.29) is 25.4 Å². The smallest absolute Gasteiger partial charge is 0.326 e. The lowest BCUT2D eigenvalue weighted by atomic mass is 9.96. The van der Waals surface area contributed by atoms with Crippen LogP contribution in [-0.4, -0.2) is 23.8 Å². The van der Waals surface area contributed by atoms with Crippen molar-refractivity contribution in [3.8, 4) is 0 Å². The molecule has 0 saturated carbocycles. The number of carbonyl (C=O) groups is 2. The summed E-state index contributed by atoms with van der Waals surface area (Å²) < 4.78 is 5.08. The van der Waals surface area contributed by atoms with Crippen molar-refractivity contribution in [3.05, 3.63) is 35.9 Å². The lowest BCUT2D eigenvalue weighted by Gasteiger charge is -2.21. The van der Waals surface area contributed by atoms with Gasteiger partial charge in [0.25, 0.3) is 0 Å².